The largest absolute Gasteiger partial charge is 0.788 e. The first-order chi connectivity index (χ1) is 20.0. The molecule has 0 saturated heterocycles. The molecule has 2 aromatic carbocycles. The number of hydrogen-bond donors (Lipinski definition) is 0. The average molecular weight is 575 g/mol. The van der Waals surface area contributed by atoms with E-state index in [4.69, 9.17) is 14.0 Å². The summed E-state index contributed by atoms with van der Waals surface area (Å²) in [6.45, 7) is 14.6. The van der Waals surface area contributed by atoms with Crippen molar-refractivity contribution in [2.45, 2.75) is 118 Å². The van der Waals surface area contributed by atoms with Gasteiger partial charge < -0.3 is 18.4 Å². The molecule has 7 heteroatoms. The molecule has 2 rings (SSSR count). The monoisotopic (exact) mass is 574 g/mol. The Morgan fingerprint density at radius 2 is 1.24 bits per heavy atom. The van der Waals surface area contributed by atoms with Gasteiger partial charge in [-0.25, -0.2) is 8.78 Å². The molecule has 0 aromatic heterocycles. The molecule has 4 nitrogen and oxygen atoms in total. The van der Waals surface area contributed by atoms with Gasteiger partial charge in [0.05, 0.1) is 19.6 Å². The number of hydrogen-bond acceptors (Lipinski definition) is 3. The van der Waals surface area contributed by atoms with E-state index >= 15 is 4.39 Å². The smallest absolute Gasteiger partial charge is 0.498 e. The Balaban J connectivity index is 2.43. The molecule has 0 amide bonds. The first-order valence-electron chi connectivity index (χ1n) is 16.3. The van der Waals surface area contributed by atoms with Crippen LogP contribution >= 0.6 is 0 Å². The fourth-order valence-corrected chi connectivity index (χ4v) is 5.64. The normalized spacial score (nSPS) is 12.4. The Kier molecular flexibility index (Phi) is 17.0. The van der Waals surface area contributed by atoms with E-state index < -0.39 is 13.1 Å². The lowest BCUT2D eigenvalue weighted by Crippen LogP contribution is -2.53. The minimum absolute atomic E-state index is 0.0147. The molecule has 230 valence electrons. The maximum Gasteiger partial charge on any atom is 0.788 e. The SMILES string of the molecule is CCCCCCOB(Oc1ccccc1F)Oc1cccc(C(CCC)[N+](CCCC)(CCCC)CCCC)c1F. The third-order valence-electron chi connectivity index (χ3n) is 7.98. The van der Waals surface area contributed by atoms with Crippen LogP contribution in [-0.2, 0) is 4.65 Å². The number of rotatable bonds is 23. The second-order valence-corrected chi connectivity index (χ2v) is 11.3. The highest BCUT2D eigenvalue weighted by Gasteiger charge is 2.39. The molecule has 0 saturated carbocycles. The number of benzene rings is 2. The Morgan fingerprint density at radius 1 is 0.659 bits per heavy atom. The molecule has 0 fully saturated rings. The highest BCUT2D eigenvalue weighted by molar-refractivity contribution is 6.38. The van der Waals surface area contributed by atoms with E-state index in [0.717, 1.165) is 101 Å². The van der Waals surface area contributed by atoms with Crippen molar-refractivity contribution in [2.24, 2.45) is 0 Å². The van der Waals surface area contributed by atoms with Crippen molar-refractivity contribution in [3.63, 3.8) is 0 Å². The minimum Gasteiger partial charge on any atom is -0.498 e. The summed E-state index contributed by atoms with van der Waals surface area (Å²) < 4.78 is 49.6. The number of halogens is 2. The molecule has 0 aliphatic rings. The van der Waals surface area contributed by atoms with Crippen LogP contribution in [0.2, 0.25) is 0 Å². The molecule has 2 aromatic rings. The first kappa shape index (κ1) is 35.1. The Hall–Kier alpha value is -2.12. The lowest BCUT2D eigenvalue weighted by atomic mass is 9.94. The van der Waals surface area contributed by atoms with Crippen molar-refractivity contribution >= 4 is 7.32 Å². The van der Waals surface area contributed by atoms with Gasteiger partial charge in [-0.05, 0) is 49.9 Å². The quantitative estimate of drug-likeness (QED) is 0.0751. The summed E-state index contributed by atoms with van der Waals surface area (Å²) >= 11 is 0. The predicted molar refractivity (Wildman–Crippen MR) is 167 cm³/mol. The summed E-state index contributed by atoms with van der Waals surface area (Å²) in [7, 11) is -1.26. The summed E-state index contributed by atoms with van der Waals surface area (Å²) in [4.78, 5) is 0. The van der Waals surface area contributed by atoms with E-state index in [9.17, 15) is 4.39 Å². The van der Waals surface area contributed by atoms with Gasteiger partial charge in [0, 0.05) is 18.6 Å². The maximum atomic E-state index is 16.5. The van der Waals surface area contributed by atoms with E-state index in [1.54, 1.807) is 18.2 Å². The van der Waals surface area contributed by atoms with E-state index in [2.05, 4.69) is 34.6 Å². The lowest BCUT2D eigenvalue weighted by molar-refractivity contribution is -0.958. The molecule has 1 atom stereocenters. The highest BCUT2D eigenvalue weighted by Crippen LogP contribution is 2.38. The zero-order chi connectivity index (χ0) is 29.9. The molecule has 0 heterocycles. The van der Waals surface area contributed by atoms with E-state index in [1.165, 1.54) is 12.1 Å². The Labute approximate surface area is 249 Å². The van der Waals surface area contributed by atoms with Crippen LogP contribution in [0.15, 0.2) is 42.5 Å². The van der Waals surface area contributed by atoms with E-state index in [0.29, 0.717) is 12.2 Å². The minimum atomic E-state index is -1.26. The number of para-hydroxylation sites is 1. The predicted octanol–water partition coefficient (Wildman–Crippen LogP) is 10.1. The van der Waals surface area contributed by atoms with Crippen LogP contribution in [0.4, 0.5) is 8.78 Å². The van der Waals surface area contributed by atoms with Crippen molar-refractivity contribution < 1.29 is 27.2 Å². The van der Waals surface area contributed by atoms with Crippen molar-refractivity contribution in [1.82, 2.24) is 0 Å². The van der Waals surface area contributed by atoms with Crippen LogP contribution in [0.25, 0.3) is 0 Å². The summed E-state index contributed by atoms with van der Waals surface area (Å²) in [6.07, 6.45) is 12.6. The fraction of sp³-hybridized carbons (Fsp3) is 0.647. The maximum absolute atomic E-state index is 16.5. The van der Waals surface area contributed by atoms with Crippen molar-refractivity contribution in [2.75, 3.05) is 26.2 Å². The highest BCUT2D eigenvalue weighted by atomic mass is 19.1. The van der Waals surface area contributed by atoms with Gasteiger partial charge in [-0.3, -0.25) is 0 Å². The molecule has 41 heavy (non-hydrogen) atoms. The molecule has 0 N–H and O–H groups in total. The molecule has 1 unspecified atom stereocenters. The van der Waals surface area contributed by atoms with Gasteiger partial charge >= 0.3 is 7.32 Å². The van der Waals surface area contributed by atoms with Crippen LogP contribution in [-0.4, -0.2) is 38.0 Å². The topological polar surface area (TPSA) is 27.7 Å². The van der Waals surface area contributed by atoms with Crippen molar-refractivity contribution in [3.8, 4) is 11.5 Å². The summed E-state index contributed by atoms with van der Waals surface area (Å²) in [5.74, 6) is -0.786. The zero-order valence-corrected chi connectivity index (χ0v) is 26.4. The molecule has 0 spiro atoms. The van der Waals surface area contributed by atoms with Gasteiger partial charge in [0.15, 0.2) is 11.6 Å². The fourth-order valence-electron chi connectivity index (χ4n) is 5.64. The summed E-state index contributed by atoms with van der Waals surface area (Å²) in [6, 6.07) is 11.6. The summed E-state index contributed by atoms with van der Waals surface area (Å²) in [5.41, 5.74) is 0.695. The van der Waals surface area contributed by atoms with Gasteiger partial charge in [0.1, 0.15) is 17.5 Å². The van der Waals surface area contributed by atoms with Gasteiger partial charge in [0.25, 0.3) is 0 Å². The van der Waals surface area contributed by atoms with Crippen LogP contribution < -0.4 is 9.31 Å². The molecular formula is C34H55BF2NO3+. The number of unbranched alkanes of at least 4 members (excludes halogenated alkanes) is 6. The van der Waals surface area contributed by atoms with Gasteiger partial charge in [-0.2, -0.15) is 0 Å². The standard InChI is InChI=1S/C34H55BF2NO3/c1-6-11-15-18-28-39-35(40-32-23-17-16-22-30(32)36)41-33-24-19-21-29(34(33)37)31(20-10-5)38(25-12-7-2,26-13-8-3)27-14-9-4/h16-17,19,21-24,31H,6-15,18,20,25-28H2,1-5H3/q+1. The van der Waals surface area contributed by atoms with Crippen molar-refractivity contribution in [1.29, 1.82) is 0 Å². The number of quaternary nitrogens is 1. The Morgan fingerprint density at radius 3 is 1.83 bits per heavy atom. The van der Waals surface area contributed by atoms with Crippen molar-refractivity contribution in [3.05, 3.63) is 59.7 Å². The van der Waals surface area contributed by atoms with Gasteiger partial charge in [-0.1, -0.05) is 97.8 Å². The zero-order valence-electron chi connectivity index (χ0n) is 26.4. The molecule has 0 aliphatic heterocycles. The van der Waals surface area contributed by atoms with E-state index in [1.807, 2.05) is 12.1 Å². The van der Waals surface area contributed by atoms with Gasteiger partial charge in [-0.15, -0.1) is 0 Å². The molecular weight excluding hydrogens is 519 g/mol. The average Bonchev–Trinajstić information content (AvgIpc) is 2.98. The third kappa shape index (κ3) is 11.2. The van der Waals surface area contributed by atoms with Crippen LogP contribution in [0.1, 0.15) is 123 Å². The number of nitrogens with zero attached hydrogens (tertiary/aromatic N) is 1. The molecule has 0 aliphatic carbocycles. The molecule has 0 bridgehead atoms. The Bertz CT molecular complexity index is 955. The van der Waals surface area contributed by atoms with E-state index in [-0.39, 0.29) is 23.4 Å². The lowest BCUT2D eigenvalue weighted by Gasteiger charge is -2.46. The van der Waals surface area contributed by atoms with Crippen LogP contribution in [0.5, 0.6) is 11.5 Å². The second-order valence-electron chi connectivity index (χ2n) is 11.3. The van der Waals surface area contributed by atoms with Crippen LogP contribution in [0.3, 0.4) is 0 Å². The summed E-state index contributed by atoms with van der Waals surface area (Å²) in [5, 5.41) is 0. The van der Waals surface area contributed by atoms with Crippen LogP contribution in [0, 0.1) is 11.6 Å². The second kappa shape index (κ2) is 19.9. The first-order valence-corrected chi connectivity index (χ1v) is 16.3. The third-order valence-corrected chi connectivity index (χ3v) is 7.98. The van der Waals surface area contributed by atoms with Gasteiger partial charge in [0.2, 0.25) is 0 Å². The molecule has 0 radical (unpaired) electrons.